The number of nitrogens with two attached hydrogens (primary N) is 2. The minimum atomic E-state index is -0.572. The summed E-state index contributed by atoms with van der Waals surface area (Å²) in [5, 5.41) is 9.80. The van der Waals surface area contributed by atoms with Crippen LogP contribution in [0.5, 0.6) is 0 Å². The lowest BCUT2D eigenvalue weighted by Crippen LogP contribution is -2.35. The van der Waals surface area contributed by atoms with E-state index in [9.17, 15) is 5.11 Å². The number of aliphatic imine (C=N–C) groups is 1. The van der Waals surface area contributed by atoms with Gasteiger partial charge in [0.25, 0.3) is 0 Å². The molecule has 1 aromatic rings. The summed E-state index contributed by atoms with van der Waals surface area (Å²) >= 11 is 0. The highest BCUT2D eigenvalue weighted by Crippen LogP contribution is 2.13. The average molecular weight is 236 g/mol. The molecule has 5 heteroatoms. The van der Waals surface area contributed by atoms with Crippen LogP contribution in [0.15, 0.2) is 35.3 Å². The fourth-order valence-electron chi connectivity index (χ4n) is 1.58. The van der Waals surface area contributed by atoms with Crippen molar-refractivity contribution in [2.75, 3.05) is 24.5 Å². The van der Waals surface area contributed by atoms with E-state index in [-0.39, 0.29) is 12.5 Å². The second-order valence-corrected chi connectivity index (χ2v) is 3.79. The van der Waals surface area contributed by atoms with Gasteiger partial charge >= 0.3 is 0 Å². The lowest BCUT2D eigenvalue weighted by Gasteiger charge is -2.25. The molecule has 0 spiro atoms. The number of aliphatic hydroxyl groups is 1. The average Bonchev–Trinajstić information content (AvgIpc) is 2.34. The van der Waals surface area contributed by atoms with E-state index in [1.807, 2.05) is 37.3 Å². The Morgan fingerprint density at radius 3 is 2.53 bits per heavy atom. The molecule has 5 N–H and O–H groups in total. The molecule has 1 atom stereocenters. The number of aliphatic hydroxyl groups excluding tert-OH is 1. The smallest absolute Gasteiger partial charge is 0.185 e. The molecular weight excluding hydrogens is 216 g/mol. The van der Waals surface area contributed by atoms with E-state index in [0.717, 1.165) is 12.2 Å². The van der Waals surface area contributed by atoms with Crippen LogP contribution in [-0.2, 0) is 0 Å². The van der Waals surface area contributed by atoms with Gasteiger partial charge in [-0.3, -0.25) is 4.99 Å². The molecule has 0 fully saturated rings. The number of hydrogen-bond donors (Lipinski definition) is 3. The quantitative estimate of drug-likeness (QED) is 0.484. The van der Waals surface area contributed by atoms with Gasteiger partial charge in [0, 0.05) is 18.8 Å². The first-order valence-electron chi connectivity index (χ1n) is 5.67. The molecule has 0 bridgehead atoms. The third-order valence-electron chi connectivity index (χ3n) is 2.42. The van der Waals surface area contributed by atoms with Gasteiger partial charge < -0.3 is 21.5 Å². The maximum absolute atomic E-state index is 9.80. The van der Waals surface area contributed by atoms with Gasteiger partial charge in [-0.15, -0.1) is 0 Å². The van der Waals surface area contributed by atoms with Gasteiger partial charge in [-0.2, -0.15) is 0 Å². The molecule has 1 aromatic carbocycles. The Bertz CT molecular complexity index is 349. The second-order valence-electron chi connectivity index (χ2n) is 3.79. The zero-order chi connectivity index (χ0) is 12.7. The summed E-state index contributed by atoms with van der Waals surface area (Å²) in [6, 6.07) is 9.93. The molecule has 94 valence electrons. The zero-order valence-corrected chi connectivity index (χ0v) is 10.1. The van der Waals surface area contributed by atoms with Gasteiger partial charge in [-0.1, -0.05) is 18.2 Å². The molecule has 1 unspecified atom stereocenters. The Morgan fingerprint density at radius 2 is 2.00 bits per heavy atom. The van der Waals surface area contributed by atoms with Crippen LogP contribution in [0.1, 0.15) is 6.92 Å². The molecule has 0 aliphatic carbocycles. The Balaban J connectivity index is 2.56. The van der Waals surface area contributed by atoms with Crippen molar-refractivity contribution < 1.29 is 5.11 Å². The first kappa shape index (κ1) is 13.3. The lowest BCUT2D eigenvalue weighted by atomic mass is 10.2. The first-order chi connectivity index (χ1) is 8.13. The highest BCUT2D eigenvalue weighted by molar-refractivity contribution is 5.75. The number of likely N-dealkylation sites (N-methyl/N-ethyl adjacent to an activating group) is 1. The molecule has 0 saturated heterocycles. The van der Waals surface area contributed by atoms with Crippen LogP contribution in [0.4, 0.5) is 5.69 Å². The summed E-state index contributed by atoms with van der Waals surface area (Å²) in [6.45, 7) is 3.60. The molecule has 0 aliphatic heterocycles. The van der Waals surface area contributed by atoms with Crippen molar-refractivity contribution in [3.63, 3.8) is 0 Å². The van der Waals surface area contributed by atoms with Crippen LogP contribution in [0.3, 0.4) is 0 Å². The Hall–Kier alpha value is -1.75. The summed E-state index contributed by atoms with van der Waals surface area (Å²) in [6.07, 6.45) is -0.572. The van der Waals surface area contributed by atoms with Gasteiger partial charge in [-0.05, 0) is 19.1 Å². The van der Waals surface area contributed by atoms with Crippen molar-refractivity contribution in [2.24, 2.45) is 16.5 Å². The summed E-state index contributed by atoms with van der Waals surface area (Å²) in [7, 11) is 0. The minimum absolute atomic E-state index is 0.00631. The highest BCUT2D eigenvalue weighted by atomic mass is 16.3. The standard InChI is InChI=1S/C12H20N4O/c1-2-16(10-6-4-3-5-7-10)9-11(17)8-15-12(13)14/h3-7,11,17H,2,8-9H2,1H3,(H4,13,14,15). The van der Waals surface area contributed by atoms with Gasteiger partial charge in [0.2, 0.25) is 0 Å². The van der Waals surface area contributed by atoms with Gasteiger partial charge in [-0.25, -0.2) is 0 Å². The van der Waals surface area contributed by atoms with Gasteiger partial charge in [0.1, 0.15) is 0 Å². The minimum Gasteiger partial charge on any atom is -0.389 e. The summed E-state index contributed by atoms with van der Waals surface area (Å²) in [5.41, 5.74) is 11.5. The van der Waals surface area contributed by atoms with E-state index in [0.29, 0.717) is 6.54 Å². The molecule has 0 aliphatic rings. The van der Waals surface area contributed by atoms with Crippen molar-refractivity contribution in [2.45, 2.75) is 13.0 Å². The van der Waals surface area contributed by atoms with E-state index >= 15 is 0 Å². The number of nitrogens with zero attached hydrogens (tertiary/aromatic N) is 2. The lowest BCUT2D eigenvalue weighted by molar-refractivity contribution is 0.189. The van der Waals surface area contributed by atoms with Crippen molar-refractivity contribution in [3.05, 3.63) is 30.3 Å². The summed E-state index contributed by atoms with van der Waals surface area (Å²) in [4.78, 5) is 5.88. The van der Waals surface area contributed by atoms with Crippen LogP contribution >= 0.6 is 0 Å². The van der Waals surface area contributed by atoms with Crippen molar-refractivity contribution in [3.8, 4) is 0 Å². The Kier molecular flexibility index (Phi) is 5.29. The van der Waals surface area contributed by atoms with E-state index < -0.39 is 6.10 Å². The van der Waals surface area contributed by atoms with E-state index in [1.165, 1.54) is 0 Å². The molecule has 0 heterocycles. The van der Waals surface area contributed by atoms with Crippen molar-refractivity contribution in [1.82, 2.24) is 0 Å². The maximum Gasteiger partial charge on any atom is 0.185 e. The third-order valence-corrected chi connectivity index (χ3v) is 2.42. The molecule has 0 saturated carbocycles. The van der Waals surface area contributed by atoms with Crippen molar-refractivity contribution >= 4 is 11.6 Å². The normalized spacial score (nSPS) is 11.9. The molecule has 0 aromatic heterocycles. The number of rotatable bonds is 6. The Morgan fingerprint density at radius 1 is 1.35 bits per heavy atom. The predicted molar refractivity (Wildman–Crippen MR) is 71.0 cm³/mol. The van der Waals surface area contributed by atoms with Crippen molar-refractivity contribution in [1.29, 1.82) is 0 Å². The molecule has 0 radical (unpaired) electrons. The topological polar surface area (TPSA) is 87.9 Å². The first-order valence-corrected chi connectivity index (χ1v) is 5.67. The van der Waals surface area contributed by atoms with Crippen LogP contribution in [0.2, 0.25) is 0 Å². The predicted octanol–water partition coefficient (Wildman–Crippen LogP) is 0.147. The number of hydrogen-bond acceptors (Lipinski definition) is 3. The monoisotopic (exact) mass is 236 g/mol. The molecular formula is C12H20N4O. The summed E-state index contributed by atoms with van der Waals surface area (Å²) in [5.74, 6) is 0.00631. The highest BCUT2D eigenvalue weighted by Gasteiger charge is 2.10. The number of anilines is 1. The fourth-order valence-corrected chi connectivity index (χ4v) is 1.58. The van der Waals surface area contributed by atoms with E-state index in [2.05, 4.69) is 9.89 Å². The molecule has 5 nitrogen and oxygen atoms in total. The van der Waals surface area contributed by atoms with Gasteiger partial charge in [0.15, 0.2) is 5.96 Å². The molecule has 1 rings (SSSR count). The van der Waals surface area contributed by atoms with Crippen LogP contribution in [0.25, 0.3) is 0 Å². The van der Waals surface area contributed by atoms with E-state index in [4.69, 9.17) is 11.5 Å². The SMILES string of the molecule is CCN(CC(O)CN=C(N)N)c1ccccc1. The molecule has 0 amide bonds. The molecule has 17 heavy (non-hydrogen) atoms. The number of guanidine groups is 1. The second kappa shape index (κ2) is 6.75. The maximum atomic E-state index is 9.80. The van der Waals surface area contributed by atoms with Crippen LogP contribution < -0.4 is 16.4 Å². The fraction of sp³-hybridized carbons (Fsp3) is 0.417. The van der Waals surface area contributed by atoms with E-state index in [1.54, 1.807) is 0 Å². The zero-order valence-electron chi connectivity index (χ0n) is 10.1. The van der Waals surface area contributed by atoms with Crippen LogP contribution in [-0.4, -0.2) is 36.8 Å². The number of benzene rings is 1. The van der Waals surface area contributed by atoms with Crippen LogP contribution in [0, 0.1) is 0 Å². The summed E-state index contributed by atoms with van der Waals surface area (Å²) < 4.78 is 0. The number of para-hydroxylation sites is 1. The largest absolute Gasteiger partial charge is 0.389 e. The third kappa shape index (κ3) is 4.74. The van der Waals surface area contributed by atoms with Gasteiger partial charge in [0.05, 0.1) is 12.6 Å². The Labute approximate surface area is 102 Å².